The second-order valence-electron chi connectivity index (χ2n) is 5.66. The fraction of sp³-hybridized carbons (Fsp3) is 0.235. The van der Waals surface area contributed by atoms with Crippen LogP contribution in [0.5, 0.6) is 0 Å². The molecule has 1 N–H and O–H groups in total. The summed E-state index contributed by atoms with van der Waals surface area (Å²) in [6.45, 7) is 2.25. The minimum atomic E-state index is 0.0313. The highest BCUT2D eigenvalue weighted by Crippen LogP contribution is 2.62. The number of amides is 1. The summed E-state index contributed by atoms with van der Waals surface area (Å²) < 4.78 is 0. The van der Waals surface area contributed by atoms with Crippen LogP contribution in [0.25, 0.3) is 0 Å². The van der Waals surface area contributed by atoms with Gasteiger partial charge in [-0.1, -0.05) is 55.5 Å². The van der Waals surface area contributed by atoms with E-state index in [9.17, 15) is 4.79 Å². The lowest BCUT2D eigenvalue weighted by Crippen LogP contribution is -2.33. The molecule has 4 rings (SSSR count). The van der Waals surface area contributed by atoms with E-state index in [1.54, 1.807) is 0 Å². The Morgan fingerprint density at radius 2 is 1.68 bits per heavy atom. The molecule has 94 valence electrons. The Hall–Kier alpha value is -2.09. The molecule has 0 aromatic heterocycles. The van der Waals surface area contributed by atoms with Crippen LogP contribution in [0.3, 0.4) is 0 Å². The highest BCUT2D eigenvalue weighted by Gasteiger charge is 2.65. The molecule has 2 nitrogen and oxygen atoms in total. The molecule has 2 aliphatic rings. The maximum Gasteiger partial charge on any atom is 0.251 e. The zero-order valence-electron chi connectivity index (χ0n) is 10.8. The molecule has 0 bridgehead atoms. The van der Waals surface area contributed by atoms with Crippen molar-refractivity contribution in [2.24, 2.45) is 0 Å². The molecule has 1 aliphatic heterocycles. The van der Waals surface area contributed by atoms with E-state index in [4.69, 9.17) is 0 Å². The van der Waals surface area contributed by atoms with Gasteiger partial charge >= 0.3 is 0 Å². The number of nitrogens with one attached hydrogen (secondary N) is 1. The molecule has 0 radical (unpaired) electrons. The third-order valence-corrected chi connectivity index (χ3v) is 4.74. The maximum absolute atomic E-state index is 12.1. The van der Waals surface area contributed by atoms with Crippen molar-refractivity contribution >= 4 is 5.91 Å². The number of hydrogen-bond acceptors (Lipinski definition) is 1. The summed E-state index contributed by atoms with van der Waals surface area (Å²) >= 11 is 0. The van der Waals surface area contributed by atoms with Crippen LogP contribution >= 0.6 is 0 Å². The van der Waals surface area contributed by atoms with Crippen LogP contribution in [-0.4, -0.2) is 11.9 Å². The molecular formula is C17H15NO. The van der Waals surface area contributed by atoms with Crippen LogP contribution in [0, 0.1) is 0 Å². The molecule has 0 saturated heterocycles. The van der Waals surface area contributed by atoms with Crippen LogP contribution in [-0.2, 0) is 5.41 Å². The van der Waals surface area contributed by atoms with Crippen molar-refractivity contribution in [1.82, 2.24) is 5.32 Å². The number of carbonyl (C=O) groups excluding carboxylic acids is 1. The molecule has 3 unspecified atom stereocenters. The quantitative estimate of drug-likeness (QED) is 0.827. The minimum absolute atomic E-state index is 0.0313. The first-order valence-corrected chi connectivity index (χ1v) is 6.68. The third kappa shape index (κ3) is 1.29. The van der Waals surface area contributed by atoms with Crippen molar-refractivity contribution < 1.29 is 4.79 Å². The number of carbonyl (C=O) groups is 1. The number of benzene rings is 2. The Morgan fingerprint density at radius 3 is 2.47 bits per heavy atom. The maximum atomic E-state index is 12.1. The molecule has 3 atom stereocenters. The van der Waals surface area contributed by atoms with Crippen LogP contribution in [0.2, 0.25) is 0 Å². The fourth-order valence-corrected chi connectivity index (χ4v) is 3.60. The Balaban J connectivity index is 1.85. The summed E-state index contributed by atoms with van der Waals surface area (Å²) in [5.41, 5.74) is 3.37. The lowest BCUT2D eigenvalue weighted by molar-refractivity contribution is 0.0942. The first-order valence-electron chi connectivity index (χ1n) is 6.68. The second-order valence-corrected chi connectivity index (χ2v) is 5.66. The minimum Gasteiger partial charge on any atom is -0.348 e. The van der Waals surface area contributed by atoms with Gasteiger partial charge in [0.15, 0.2) is 0 Å². The van der Waals surface area contributed by atoms with Crippen molar-refractivity contribution in [3.8, 4) is 0 Å². The van der Waals surface area contributed by atoms with Gasteiger partial charge in [0.05, 0.1) is 0 Å². The lowest BCUT2D eigenvalue weighted by Gasteiger charge is -2.14. The van der Waals surface area contributed by atoms with Gasteiger partial charge in [-0.2, -0.15) is 0 Å². The van der Waals surface area contributed by atoms with Crippen molar-refractivity contribution in [2.75, 3.05) is 0 Å². The average molecular weight is 249 g/mol. The molecule has 1 heterocycles. The average Bonchev–Trinajstić information content (AvgIpc) is 3.07. The summed E-state index contributed by atoms with van der Waals surface area (Å²) in [4.78, 5) is 12.1. The molecule has 1 amide bonds. The van der Waals surface area contributed by atoms with Crippen molar-refractivity contribution in [1.29, 1.82) is 0 Å². The van der Waals surface area contributed by atoms with Crippen LogP contribution in [0.4, 0.5) is 0 Å². The van der Waals surface area contributed by atoms with E-state index < -0.39 is 0 Å². The van der Waals surface area contributed by atoms with Gasteiger partial charge in [0, 0.05) is 22.9 Å². The first kappa shape index (κ1) is 10.8. The fourth-order valence-electron chi connectivity index (χ4n) is 3.60. The standard InChI is InChI=1S/C17H15NO/c1-17(11-7-3-2-4-8-11)14-12-9-5-6-10-13(12)16(19)18-15(14)17/h2-10,14-15H,1H3,(H,18,19). The van der Waals surface area contributed by atoms with Crippen LogP contribution < -0.4 is 5.32 Å². The van der Waals surface area contributed by atoms with Gasteiger partial charge in [-0.3, -0.25) is 4.79 Å². The molecule has 2 heteroatoms. The molecule has 1 aliphatic carbocycles. The van der Waals surface area contributed by atoms with E-state index in [2.05, 4.69) is 42.6 Å². The smallest absolute Gasteiger partial charge is 0.251 e. The SMILES string of the molecule is CC1(c2ccccc2)C2NC(=O)c3ccccc3C21. The molecule has 1 saturated carbocycles. The van der Waals surface area contributed by atoms with Crippen LogP contribution in [0.15, 0.2) is 54.6 Å². The number of hydrogen-bond donors (Lipinski definition) is 1. The van der Waals surface area contributed by atoms with E-state index >= 15 is 0 Å². The Morgan fingerprint density at radius 1 is 1.00 bits per heavy atom. The largest absolute Gasteiger partial charge is 0.348 e. The normalized spacial score (nSPS) is 31.1. The van der Waals surface area contributed by atoms with Gasteiger partial charge in [-0.15, -0.1) is 0 Å². The van der Waals surface area contributed by atoms with Crippen molar-refractivity contribution in [2.45, 2.75) is 24.3 Å². The van der Waals surface area contributed by atoms with E-state index in [1.807, 2.05) is 24.3 Å². The predicted molar refractivity (Wildman–Crippen MR) is 74.2 cm³/mol. The molecular weight excluding hydrogens is 234 g/mol. The van der Waals surface area contributed by atoms with Gasteiger partial charge in [0.25, 0.3) is 5.91 Å². The lowest BCUT2D eigenvalue weighted by atomic mass is 9.91. The van der Waals surface area contributed by atoms with E-state index in [0.29, 0.717) is 5.92 Å². The Kier molecular flexibility index (Phi) is 1.97. The summed E-state index contributed by atoms with van der Waals surface area (Å²) in [7, 11) is 0. The summed E-state index contributed by atoms with van der Waals surface area (Å²) in [5.74, 6) is 0.473. The Labute approximate surface area is 112 Å². The van der Waals surface area contributed by atoms with E-state index in [1.165, 1.54) is 11.1 Å². The highest BCUT2D eigenvalue weighted by atomic mass is 16.1. The van der Waals surface area contributed by atoms with Gasteiger partial charge in [-0.05, 0) is 17.2 Å². The van der Waals surface area contributed by atoms with Crippen molar-refractivity contribution in [3.05, 3.63) is 71.3 Å². The molecule has 19 heavy (non-hydrogen) atoms. The molecule has 0 spiro atoms. The van der Waals surface area contributed by atoms with Gasteiger partial charge in [0.2, 0.25) is 0 Å². The zero-order valence-corrected chi connectivity index (χ0v) is 10.8. The predicted octanol–water partition coefficient (Wildman–Crippen LogP) is 2.85. The summed E-state index contributed by atoms with van der Waals surface area (Å²) in [6.07, 6.45) is 0. The van der Waals surface area contributed by atoms with E-state index in [0.717, 1.165) is 5.56 Å². The summed E-state index contributed by atoms with van der Waals surface area (Å²) in [5, 5.41) is 3.16. The molecule has 2 aromatic rings. The number of rotatable bonds is 1. The topological polar surface area (TPSA) is 29.1 Å². The zero-order chi connectivity index (χ0) is 13.0. The van der Waals surface area contributed by atoms with Crippen LogP contribution in [0.1, 0.15) is 34.3 Å². The van der Waals surface area contributed by atoms with Gasteiger partial charge < -0.3 is 5.32 Å². The highest BCUT2D eigenvalue weighted by molar-refractivity contribution is 5.99. The second kappa shape index (κ2) is 3.47. The Bertz CT molecular complexity index is 664. The van der Waals surface area contributed by atoms with Crippen molar-refractivity contribution in [3.63, 3.8) is 0 Å². The molecule has 2 aromatic carbocycles. The monoisotopic (exact) mass is 249 g/mol. The first-order chi connectivity index (χ1) is 9.23. The van der Waals surface area contributed by atoms with Gasteiger partial charge in [-0.25, -0.2) is 0 Å². The molecule has 1 fully saturated rings. The van der Waals surface area contributed by atoms with E-state index in [-0.39, 0.29) is 17.4 Å². The third-order valence-electron chi connectivity index (χ3n) is 4.74. The summed E-state index contributed by atoms with van der Waals surface area (Å²) in [6, 6.07) is 18.7. The number of fused-ring (bicyclic) bond motifs is 3. The van der Waals surface area contributed by atoms with Gasteiger partial charge in [0.1, 0.15) is 0 Å².